The lowest BCUT2D eigenvalue weighted by atomic mass is 10.2. The molecule has 0 aliphatic rings. The maximum atomic E-state index is 5.65. The molecule has 2 aromatic heterocycles. The maximum Gasteiger partial charge on any atom is 0.218 e. The molecule has 0 aromatic carbocycles. The number of thiazole rings is 1. The first-order valence-corrected chi connectivity index (χ1v) is 8.88. The Morgan fingerprint density at radius 2 is 2.04 bits per heavy atom. The highest BCUT2D eigenvalue weighted by atomic mass is 32.1. The van der Waals surface area contributed by atoms with Crippen LogP contribution in [0.2, 0.25) is 0 Å². The van der Waals surface area contributed by atoms with Crippen molar-refractivity contribution in [2.24, 2.45) is 4.99 Å². The highest BCUT2D eigenvalue weighted by Gasteiger charge is 2.08. The minimum atomic E-state index is 0.470. The summed E-state index contributed by atoms with van der Waals surface area (Å²) in [4.78, 5) is 14.2. The van der Waals surface area contributed by atoms with Crippen LogP contribution in [0.3, 0.4) is 0 Å². The number of pyridine rings is 1. The Balaban J connectivity index is 1.89. The molecule has 0 spiro atoms. The fourth-order valence-electron chi connectivity index (χ4n) is 2.21. The monoisotopic (exact) mass is 363 g/mol. The second-order valence-electron chi connectivity index (χ2n) is 5.33. The summed E-state index contributed by atoms with van der Waals surface area (Å²) in [6.45, 7) is 6.30. The van der Waals surface area contributed by atoms with Gasteiger partial charge >= 0.3 is 0 Å². The molecule has 0 atom stereocenters. The molecule has 2 rings (SSSR count). The van der Waals surface area contributed by atoms with E-state index in [1.165, 1.54) is 4.88 Å². The van der Waals surface area contributed by atoms with Crippen LogP contribution in [0, 0.1) is 13.8 Å². The summed E-state index contributed by atoms with van der Waals surface area (Å²) < 4.78 is 10.7. The number of rotatable bonds is 8. The van der Waals surface area contributed by atoms with E-state index in [0.29, 0.717) is 32.2 Å². The molecule has 0 unspecified atom stereocenters. The number of aromatic nitrogens is 2. The second-order valence-corrected chi connectivity index (χ2v) is 6.62. The molecule has 0 aliphatic heterocycles. The van der Waals surface area contributed by atoms with Gasteiger partial charge in [-0.15, -0.1) is 11.3 Å². The van der Waals surface area contributed by atoms with Crippen molar-refractivity contribution in [1.82, 2.24) is 20.6 Å². The van der Waals surface area contributed by atoms with E-state index < -0.39 is 0 Å². The van der Waals surface area contributed by atoms with Crippen molar-refractivity contribution in [3.05, 3.63) is 39.5 Å². The minimum absolute atomic E-state index is 0.470. The molecule has 0 saturated heterocycles. The van der Waals surface area contributed by atoms with E-state index in [2.05, 4.69) is 25.6 Å². The zero-order valence-electron chi connectivity index (χ0n) is 15.1. The van der Waals surface area contributed by atoms with Gasteiger partial charge in [-0.2, -0.15) is 0 Å². The predicted octanol–water partition coefficient (Wildman–Crippen LogP) is 2.05. The fraction of sp³-hybridized carbons (Fsp3) is 0.471. The number of aliphatic imine (C=N–C) groups is 1. The van der Waals surface area contributed by atoms with Gasteiger partial charge in [0.2, 0.25) is 5.88 Å². The number of hydrogen-bond donors (Lipinski definition) is 2. The lowest BCUT2D eigenvalue weighted by molar-refractivity contribution is 0.143. The molecular weight excluding hydrogens is 338 g/mol. The van der Waals surface area contributed by atoms with Crippen molar-refractivity contribution in [3.63, 3.8) is 0 Å². The first-order chi connectivity index (χ1) is 12.1. The summed E-state index contributed by atoms with van der Waals surface area (Å²) in [6.07, 6.45) is 1.72. The molecule has 0 radical (unpaired) electrons. The zero-order chi connectivity index (χ0) is 18.1. The highest BCUT2D eigenvalue weighted by Crippen LogP contribution is 2.16. The third-order valence-corrected chi connectivity index (χ3v) is 4.53. The van der Waals surface area contributed by atoms with Gasteiger partial charge in [-0.1, -0.05) is 6.07 Å². The Bertz CT molecular complexity index is 702. The summed E-state index contributed by atoms with van der Waals surface area (Å²) >= 11 is 1.70. The van der Waals surface area contributed by atoms with Crippen molar-refractivity contribution in [2.75, 3.05) is 27.4 Å². The van der Waals surface area contributed by atoms with Crippen molar-refractivity contribution >= 4 is 17.3 Å². The second kappa shape index (κ2) is 9.95. The molecule has 8 heteroatoms. The van der Waals surface area contributed by atoms with E-state index in [9.17, 15) is 0 Å². The smallest absolute Gasteiger partial charge is 0.218 e. The van der Waals surface area contributed by atoms with Crippen LogP contribution in [0.15, 0.2) is 23.3 Å². The summed E-state index contributed by atoms with van der Waals surface area (Å²) in [6, 6.07) is 3.87. The first kappa shape index (κ1) is 19.1. The standard InChI is InChI=1S/C17H25N5O2S/c1-12-15(25-13(2)22-12)11-21-17(18-3)20-10-14-6-5-7-19-16(14)24-9-8-23-4/h5-7H,8-11H2,1-4H3,(H2,18,20,21). The Labute approximate surface area is 152 Å². The summed E-state index contributed by atoms with van der Waals surface area (Å²) in [5, 5.41) is 7.67. The predicted molar refractivity (Wildman–Crippen MR) is 100 cm³/mol. The molecule has 0 bridgehead atoms. The van der Waals surface area contributed by atoms with Crippen molar-refractivity contribution in [2.45, 2.75) is 26.9 Å². The van der Waals surface area contributed by atoms with E-state index >= 15 is 0 Å². The molecule has 0 fully saturated rings. The van der Waals surface area contributed by atoms with Crippen LogP contribution in [0.25, 0.3) is 0 Å². The van der Waals surface area contributed by atoms with Crippen LogP contribution < -0.4 is 15.4 Å². The zero-order valence-corrected chi connectivity index (χ0v) is 15.9. The molecule has 25 heavy (non-hydrogen) atoms. The van der Waals surface area contributed by atoms with Gasteiger partial charge in [-0.05, 0) is 19.9 Å². The normalized spacial score (nSPS) is 11.4. The topological polar surface area (TPSA) is 80.7 Å². The number of nitrogens with zero attached hydrogens (tertiary/aromatic N) is 3. The van der Waals surface area contributed by atoms with Gasteiger partial charge in [-0.25, -0.2) is 9.97 Å². The lowest BCUT2D eigenvalue weighted by Gasteiger charge is -2.13. The van der Waals surface area contributed by atoms with E-state index in [-0.39, 0.29) is 0 Å². The van der Waals surface area contributed by atoms with Crippen LogP contribution in [0.5, 0.6) is 5.88 Å². The summed E-state index contributed by atoms with van der Waals surface area (Å²) in [5.41, 5.74) is 2.03. The van der Waals surface area contributed by atoms with Crippen molar-refractivity contribution in [3.8, 4) is 5.88 Å². The minimum Gasteiger partial charge on any atom is -0.475 e. The number of aryl methyl sites for hydroxylation is 2. The van der Waals surface area contributed by atoms with Gasteiger partial charge in [0, 0.05) is 37.3 Å². The van der Waals surface area contributed by atoms with Crippen molar-refractivity contribution in [1.29, 1.82) is 0 Å². The van der Waals surface area contributed by atoms with Gasteiger partial charge in [-0.3, -0.25) is 4.99 Å². The quantitative estimate of drug-likeness (QED) is 0.424. The van der Waals surface area contributed by atoms with Crippen LogP contribution in [-0.2, 0) is 17.8 Å². The van der Waals surface area contributed by atoms with E-state index in [1.807, 2.05) is 26.0 Å². The molecule has 2 aromatic rings. The first-order valence-electron chi connectivity index (χ1n) is 8.07. The van der Waals surface area contributed by atoms with Crippen LogP contribution >= 0.6 is 11.3 Å². The number of nitrogens with one attached hydrogen (secondary N) is 2. The Morgan fingerprint density at radius 3 is 2.72 bits per heavy atom. The third-order valence-electron chi connectivity index (χ3n) is 3.46. The molecule has 136 valence electrons. The summed E-state index contributed by atoms with van der Waals surface area (Å²) in [5.74, 6) is 1.33. The molecule has 0 aliphatic carbocycles. The van der Waals surface area contributed by atoms with Gasteiger partial charge < -0.3 is 20.1 Å². The van der Waals surface area contributed by atoms with Gasteiger partial charge in [0.1, 0.15) is 6.61 Å². The SMILES string of the molecule is CN=C(NCc1cccnc1OCCOC)NCc1sc(C)nc1C. The van der Waals surface area contributed by atoms with E-state index in [4.69, 9.17) is 9.47 Å². The third kappa shape index (κ3) is 5.99. The van der Waals surface area contributed by atoms with Gasteiger partial charge in [0.05, 0.1) is 23.9 Å². The van der Waals surface area contributed by atoms with Crippen LogP contribution in [0.4, 0.5) is 0 Å². The fourth-order valence-corrected chi connectivity index (χ4v) is 3.09. The van der Waals surface area contributed by atoms with Gasteiger partial charge in [0.15, 0.2) is 5.96 Å². The highest BCUT2D eigenvalue weighted by molar-refractivity contribution is 7.11. The Hall–Kier alpha value is -2.19. The largest absolute Gasteiger partial charge is 0.475 e. The Kier molecular flexibility index (Phi) is 7.62. The number of methoxy groups -OCH3 is 1. The number of guanidine groups is 1. The lowest BCUT2D eigenvalue weighted by Crippen LogP contribution is -2.36. The number of hydrogen-bond acceptors (Lipinski definition) is 6. The average molecular weight is 363 g/mol. The molecular formula is C17H25N5O2S. The van der Waals surface area contributed by atoms with Crippen LogP contribution in [-0.4, -0.2) is 43.3 Å². The molecule has 2 N–H and O–H groups in total. The van der Waals surface area contributed by atoms with E-state index in [1.54, 1.807) is 31.7 Å². The van der Waals surface area contributed by atoms with Crippen LogP contribution in [0.1, 0.15) is 21.1 Å². The Morgan fingerprint density at radius 1 is 1.24 bits per heavy atom. The molecule has 0 saturated carbocycles. The summed E-state index contributed by atoms with van der Waals surface area (Å²) in [7, 11) is 3.39. The molecule has 2 heterocycles. The van der Waals surface area contributed by atoms with Gasteiger partial charge in [0.25, 0.3) is 0 Å². The average Bonchev–Trinajstić information content (AvgIpc) is 2.94. The van der Waals surface area contributed by atoms with E-state index in [0.717, 1.165) is 22.2 Å². The molecule has 7 nitrogen and oxygen atoms in total. The number of ether oxygens (including phenoxy) is 2. The molecule has 0 amide bonds. The van der Waals surface area contributed by atoms with Crippen molar-refractivity contribution < 1.29 is 9.47 Å². The maximum absolute atomic E-state index is 5.65.